The number of rotatable bonds is 4. The third-order valence-electron chi connectivity index (χ3n) is 15.8. The van der Waals surface area contributed by atoms with Gasteiger partial charge in [0.25, 0.3) is 0 Å². The van der Waals surface area contributed by atoms with Crippen LogP contribution in [-0.2, 0) is 19.1 Å². The predicted octanol–water partition coefficient (Wildman–Crippen LogP) is 7.59. The van der Waals surface area contributed by atoms with Crippen LogP contribution in [0.1, 0.15) is 126 Å². The Hall–Kier alpha value is -1.59. The van der Waals surface area contributed by atoms with Crippen molar-refractivity contribution >= 4 is 17.9 Å². The third kappa shape index (κ3) is 3.63. The lowest BCUT2D eigenvalue weighted by Gasteiger charge is -2.72. The minimum atomic E-state index is -0.818. The molecule has 6 fully saturated rings. The first-order valence-electron chi connectivity index (χ1n) is 16.6. The number of carbonyl (C=O) groups excluding carboxylic acids is 1. The first kappa shape index (κ1) is 29.5. The number of carboxylic acids is 2. The summed E-state index contributed by atoms with van der Waals surface area (Å²) < 4.78 is 6.33. The topological polar surface area (TPSA) is 101 Å². The van der Waals surface area contributed by atoms with Crippen molar-refractivity contribution in [1.29, 1.82) is 0 Å². The normalized spacial score (nSPS) is 51.1. The van der Waals surface area contributed by atoms with Crippen LogP contribution < -0.4 is 0 Å². The van der Waals surface area contributed by atoms with Crippen LogP contribution in [0.25, 0.3) is 0 Å². The highest BCUT2D eigenvalue weighted by molar-refractivity contribution is 5.81. The highest BCUT2D eigenvalue weighted by atomic mass is 16.5. The van der Waals surface area contributed by atoms with E-state index in [2.05, 4.69) is 34.6 Å². The second kappa shape index (κ2) is 8.97. The van der Waals surface area contributed by atoms with Crippen LogP contribution in [0, 0.1) is 68.0 Å². The summed E-state index contributed by atoms with van der Waals surface area (Å²) in [5.41, 5.74) is -0.698. The average Bonchev–Trinajstić information content (AvgIpc) is 3.31. The van der Waals surface area contributed by atoms with E-state index in [0.29, 0.717) is 30.1 Å². The molecule has 230 valence electrons. The van der Waals surface area contributed by atoms with Gasteiger partial charge in [0.15, 0.2) is 0 Å². The number of esters is 1. The number of aliphatic carboxylic acids is 2. The molecule has 0 saturated heterocycles. The molecule has 6 nitrogen and oxygen atoms in total. The molecule has 6 rings (SSSR count). The van der Waals surface area contributed by atoms with Crippen LogP contribution in [-0.4, -0.2) is 34.2 Å². The Morgan fingerprint density at radius 2 is 1.37 bits per heavy atom. The van der Waals surface area contributed by atoms with E-state index in [4.69, 9.17) is 4.74 Å². The SMILES string of the molecule is CC1(C)C(C(=O)O)CC1C(=O)O[C@H]1CC[C@@]2(C)C(CCC3(C)C2CCC2C4CCC[C@]4(C(=O)O)CC[C@]23C)C1(C)C. The molecule has 6 aliphatic rings. The van der Waals surface area contributed by atoms with E-state index in [0.717, 1.165) is 64.2 Å². The van der Waals surface area contributed by atoms with Gasteiger partial charge in [-0.3, -0.25) is 14.4 Å². The van der Waals surface area contributed by atoms with E-state index in [1.807, 2.05) is 13.8 Å². The van der Waals surface area contributed by atoms with Crippen LogP contribution in [0.2, 0.25) is 0 Å². The zero-order valence-electron chi connectivity index (χ0n) is 26.6. The molecule has 6 saturated carbocycles. The quantitative estimate of drug-likeness (QED) is 0.338. The summed E-state index contributed by atoms with van der Waals surface area (Å²) >= 11 is 0. The minimum absolute atomic E-state index is 0.145. The second-order valence-corrected chi connectivity index (χ2v) is 17.4. The number of carbonyl (C=O) groups is 3. The van der Waals surface area contributed by atoms with Crippen molar-refractivity contribution in [3.05, 3.63) is 0 Å². The summed E-state index contributed by atoms with van der Waals surface area (Å²) in [5.74, 6) is -0.530. The molecule has 0 amide bonds. The largest absolute Gasteiger partial charge is 0.481 e. The highest BCUT2D eigenvalue weighted by Gasteiger charge is 2.71. The molecule has 0 bridgehead atoms. The summed E-state index contributed by atoms with van der Waals surface area (Å²) in [5, 5.41) is 19.9. The van der Waals surface area contributed by atoms with E-state index in [1.54, 1.807) is 0 Å². The highest BCUT2D eigenvalue weighted by Crippen LogP contribution is 2.77. The van der Waals surface area contributed by atoms with Crippen molar-refractivity contribution in [2.45, 2.75) is 132 Å². The second-order valence-electron chi connectivity index (χ2n) is 17.4. The first-order valence-corrected chi connectivity index (χ1v) is 16.6. The fourth-order valence-corrected chi connectivity index (χ4v) is 13.1. The number of hydrogen-bond acceptors (Lipinski definition) is 4. The maximum Gasteiger partial charge on any atom is 0.309 e. The molecule has 11 atom stereocenters. The molecule has 7 unspecified atom stereocenters. The minimum Gasteiger partial charge on any atom is -0.481 e. The van der Waals surface area contributed by atoms with Gasteiger partial charge in [0, 0.05) is 5.41 Å². The molecule has 0 aromatic rings. The fourth-order valence-electron chi connectivity index (χ4n) is 13.1. The van der Waals surface area contributed by atoms with Crippen LogP contribution in [0.15, 0.2) is 0 Å². The van der Waals surface area contributed by atoms with Gasteiger partial charge in [-0.05, 0) is 116 Å². The van der Waals surface area contributed by atoms with Crippen molar-refractivity contribution in [2.24, 2.45) is 68.0 Å². The predicted molar refractivity (Wildman–Crippen MR) is 156 cm³/mol. The van der Waals surface area contributed by atoms with Gasteiger partial charge in [-0.2, -0.15) is 0 Å². The van der Waals surface area contributed by atoms with Crippen molar-refractivity contribution in [1.82, 2.24) is 0 Å². The molecule has 2 N–H and O–H groups in total. The maximum absolute atomic E-state index is 13.4. The van der Waals surface area contributed by atoms with Gasteiger partial charge in [0.05, 0.1) is 17.3 Å². The van der Waals surface area contributed by atoms with Crippen LogP contribution in [0.5, 0.6) is 0 Å². The van der Waals surface area contributed by atoms with Gasteiger partial charge in [0.2, 0.25) is 0 Å². The molecular weight excluding hydrogens is 516 g/mol. The van der Waals surface area contributed by atoms with Crippen molar-refractivity contribution in [3.63, 3.8) is 0 Å². The molecule has 0 aromatic carbocycles. The van der Waals surface area contributed by atoms with E-state index in [1.165, 1.54) is 6.42 Å². The number of carboxylic acid groups (broad SMARTS) is 2. The van der Waals surface area contributed by atoms with Gasteiger partial charge in [-0.1, -0.05) is 54.9 Å². The summed E-state index contributed by atoms with van der Waals surface area (Å²) in [4.78, 5) is 37.6. The fraction of sp³-hybridized carbons (Fsp3) is 0.914. The maximum atomic E-state index is 13.4. The molecule has 0 radical (unpaired) electrons. The molecule has 0 aliphatic heterocycles. The molecule has 6 aliphatic carbocycles. The summed E-state index contributed by atoms with van der Waals surface area (Å²) in [6.45, 7) is 16.1. The van der Waals surface area contributed by atoms with Gasteiger partial charge in [-0.15, -0.1) is 0 Å². The van der Waals surface area contributed by atoms with E-state index in [-0.39, 0.29) is 39.7 Å². The molecule has 0 spiro atoms. The molecular formula is C35H54O6. The Balaban J connectivity index is 1.23. The van der Waals surface area contributed by atoms with Crippen molar-refractivity contribution in [3.8, 4) is 0 Å². The Morgan fingerprint density at radius 1 is 0.659 bits per heavy atom. The lowest BCUT2D eigenvalue weighted by atomic mass is 9.32. The van der Waals surface area contributed by atoms with Crippen LogP contribution in [0.4, 0.5) is 0 Å². The summed E-state index contributed by atoms with van der Waals surface area (Å²) in [6.07, 6.45) is 11.6. The lowest BCUT2D eigenvalue weighted by molar-refractivity contribution is -0.250. The Labute approximate surface area is 246 Å². The van der Waals surface area contributed by atoms with E-state index >= 15 is 0 Å². The molecule has 0 aromatic heterocycles. The van der Waals surface area contributed by atoms with Crippen LogP contribution >= 0.6 is 0 Å². The average molecular weight is 571 g/mol. The number of hydrogen-bond donors (Lipinski definition) is 2. The Kier molecular flexibility index (Phi) is 6.45. The monoisotopic (exact) mass is 570 g/mol. The van der Waals surface area contributed by atoms with Crippen molar-refractivity contribution in [2.75, 3.05) is 0 Å². The van der Waals surface area contributed by atoms with E-state index < -0.39 is 28.7 Å². The van der Waals surface area contributed by atoms with Crippen molar-refractivity contribution < 1.29 is 29.3 Å². The van der Waals surface area contributed by atoms with Gasteiger partial charge < -0.3 is 14.9 Å². The Bertz CT molecular complexity index is 1140. The zero-order valence-corrected chi connectivity index (χ0v) is 26.6. The standard InChI is InChI=1S/C35H54O6/c1-30(2)22(27(36)37)19-23(30)28(38)41-26-13-15-32(5)24(31(26,3)4)12-16-34(7)25(32)11-10-20-21-9-8-14-35(21,29(39)40)18-17-33(20,34)6/h20-26H,8-19H2,1-7H3,(H,36,37)(H,39,40)/t20?,21?,22?,23?,24?,25?,26-,32-,33+,34?,35-/m0/s1. The zero-order chi connectivity index (χ0) is 30.0. The lowest BCUT2D eigenvalue weighted by Crippen LogP contribution is -2.67. The third-order valence-corrected chi connectivity index (χ3v) is 15.8. The molecule has 0 heterocycles. The summed E-state index contributed by atoms with van der Waals surface area (Å²) in [6, 6.07) is 0. The van der Waals surface area contributed by atoms with Gasteiger partial charge in [0.1, 0.15) is 6.10 Å². The number of fused-ring (bicyclic) bond motifs is 7. The van der Waals surface area contributed by atoms with Crippen LogP contribution in [0.3, 0.4) is 0 Å². The van der Waals surface area contributed by atoms with Gasteiger partial charge >= 0.3 is 17.9 Å². The summed E-state index contributed by atoms with van der Waals surface area (Å²) in [7, 11) is 0. The smallest absolute Gasteiger partial charge is 0.309 e. The van der Waals surface area contributed by atoms with Gasteiger partial charge in [-0.25, -0.2) is 0 Å². The van der Waals surface area contributed by atoms with E-state index in [9.17, 15) is 24.6 Å². The first-order chi connectivity index (χ1) is 19.0. The Morgan fingerprint density at radius 3 is 2.00 bits per heavy atom. The number of ether oxygens (including phenoxy) is 1. The molecule has 41 heavy (non-hydrogen) atoms. The molecule has 6 heteroatoms.